The molecule has 0 bridgehead atoms. The van der Waals surface area contributed by atoms with Crippen molar-refractivity contribution in [2.75, 3.05) is 5.43 Å². The number of rotatable bonds is 3. The summed E-state index contributed by atoms with van der Waals surface area (Å²) in [6, 6.07) is 7.47. The lowest BCUT2D eigenvalue weighted by molar-refractivity contribution is 1.26. The zero-order valence-electron chi connectivity index (χ0n) is 10.7. The molecule has 6 heteroatoms. The molecule has 0 spiro atoms. The molecule has 100 valence electrons. The third-order valence-electron chi connectivity index (χ3n) is 2.72. The predicted octanol–water partition coefficient (Wildman–Crippen LogP) is 4.10. The lowest BCUT2D eigenvalue weighted by atomic mass is 10.2. The van der Waals surface area contributed by atoms with Crippen molar-refractivity contribution in [3.63, 3.8) is 0 Å². The van der Waals surface area contributed by atoms with Gasteiger partial charge in [0.15, 0.2) is 0 Å². The maximum Gasteiger partial charge on any atom is 0.0942 e. The predicted molar refractivity (Wildman–Crippen MR) is 84.8 cm³/mol. The highest BCUT2D eigenvalue weighted by atomic mass is 35.5. The van der Waals surface area contributed by atoms with Gasteiger partial charge in [0.2, 0.25) is 0 Å². The van der Waals surface area contributed by atoms with Gasteiger partial charge in [0.1, 0.15) is 0 Å². The molecule has 2 aromatic heterocycles. The van der Waals surface area contributed by atoms with E-state index in [9.17, 15) is 0 Å². The quantitative estimate of drug-likeness (QED) is 0.585. The van der Waals surface area contributed by atoms with Crippen molar-refractivity contribution in [1.29, 1.82) is 0 Å². The van der Waals surface area contributed by atoms with E-state index in [1.54, 1.807) is 23.7 Å². The highest BCUT2D eigenvalue weighted by Crippen LogP contribution is 2.24. The molecule has 1 aromatic carbocycles. The van der Waals surface area contributed by atoms with Crippen LogP contribution in [0.4, 0.5) is 5.69 Å². The summed E-state index contributed by atoms with van der Waals surface area (Å²) in [5.74, 6) is 0. The summed E-state index contributed by atoms with van der Waals surface area (Å²) in [6.07, 6.45) is 3.43. The number of aromatic nitrogens is 2. The first kappa shape index (κ1) is 13.0. The Bertz CT molecular complexity index is 782. The Hall–Kier alpha value is -1.98. The highest BCUT2D eigenvalue weighted by Gasteiger charge is 2.01. The smallest absolute Gasteiger partial charge is 0.0942 e. The summed E-state index contributed by atoms with van der Waals surface area (Å²) in [6.45, 7) is 1.97. The second kappa shape index (κ2) is 5.56. The second-order valence-corrected chi connectivity index (χ2v) is 5.68. The van der Waals surface area contributed by atoms with Crippen LogP contribution in [0.5, 0.6) is 0 Å². The SMILES string of the molecule is Cc1nc(/C=N\Nc2ccnc3cc(Cl)ccc23)cs1. The molecule has 1 N–H and O–H groups in total. The van der Waals surface area contributed by atoms with E-state index in [0.717, 1.165) is 27.3 Å². The van der Waals surface area contributed by atoms with Crippen molar-refractivity contribution < 1.29 is 0 Å². The number of fused-ring (bicyclic) bond motifs is 1. The molecular formula is C14H11ClN4S. The third-order valence-corrected chi connectivity index (χ3v) is 3.75. The van der Waals surface area contributed by atoms with Gasteiger partial charge in [-0.25, -0.2) is 4.98 Å². The minimum absolute atomic E-state index is 0.670. The average Bonchev–Trinajstić information content (AvgIpc) is 2.84. The molecule has 20 heavy (non-hydrogen) atoms. The Labute approximate surface area is 125 Å². The number of halogens is 1. The van der Waals surface area contributed by atoms with Crippen molar-refractivity contribution in [3.8, 4) is 0 Å². The van der Waals surface area contributed by atoms with Crippen molar-refractivity contribution in [1.82, 2.24) is 9.97 Å². The molecule has 0 amide bonds. The summed E-state index contributed by atoms with van der Waals surface area (Å²) in [5.41, 5.74) is 5.58. The van der Waals surface area contributed by atoms with Gasteiger partial charge in [0.05, 0.1) is 28.1 Å². The van der Waals surface area contributed by atoms with Crippen LogP contribution in [-0.4, -0.2) is 16.2 Å². The van der Waals surface area contributed by atoms with Crippen LogP contribution in [0.25, 0.3) is 10.9 Å². The van der Waals surface area contributed by atoms with Gasteiger partial charge in [-0.1, -0.05) is 11.6 Å². The Morgan fingerprint density at radius 1 is 1.35 bits per heavy atom. The van der Waals surface area contributed by atoms with Crippen LogP contribution in [0.2, 0.25) is 5.02 Å². The van der Waals surface area contributed by atoms with Crippen LogP contribution in [0.1, 0.15) is 10.7 Å². The van der Waals surface area contributed by atoms with Crippen molar-refractivity contribution in [3.05, 3.63) is 51.6 Å². The lowest BCUT2D eigenvalue weighted by Crippen LogP contribution is -1.93. The number of nitrogens with one attached hydrogen (secondary N) is 1. The normalized spacial score (nSPS) is 11.3. The Morgan fingerprint density at radius 2 is 2.25 bits per heavy atom. The van der Waals surface area contributed by atoms with Gasteiger partial charge in [-0.2, -0.15) is 5.10 Å². The van der Waals surface area contributed by atoms with Crippen LogP contribution >= 0.6 is 22.9 Å². The van der Waals surface area contributed by atoms with Gasteiger partial charge >= 0.3 is 0 Å². The highest BCUT2D eigenvalue weighted by molar-refractivity contribution is 7.09. The van der Waals surface area contributed by atoms with E-state index in [1.165, 1.54) is 0 Å². The van der Waals surface area contributed by atoms with E-state index in [1.807, 2.05) is 36.6 Å². The molecule has 0 atom stereocenters. The van der Waals surface area contributed by atoms with Crippen LogP contribution in [-0.2, 0) is 0 Å². The number of hydrogen-bond acceptors (Lipinski definition) is 5. The van der Waals surface area contributed by atoms with Gasteiger partial charge in [-0.3, -0.25) is 10.4 Å². The molecule has 0 aliphatic carbocycles. The first-order valence-corrected chi connectivity index (χ1v) is 7.23. The summed E-state index contributed by atoms with van der Waals surface area (Å²) in [4.78, 5) is 8.60. The number of anilines is 1. The topological polar surface area (TPSA) is 50.2 Å². The molecule has 0 aliphatic rings. The van der Waals surface area contributed by atoms with Gasteiger partial charge in [0, 0.05) is 22.0 Å². The molecule has 4 nitrogen and oxygen atoms in total. The Kier molecular flexibility index (Phi) is 3.62. The van der Waals surface area contributed by atoms with E-state index in [4.69, 9.17) is 11.6 Å². The van der Waals surface area contributed by atoms with Gasteiger partial charge in [0.25, 0.3) is 0 Å². The molecule has 0 saturated heterocycles. The Balaban J connectivity index is 1.86. The molecule has 0 aliphatic heterocycles. The maximum absolute atomic E-state index is 5.96. The number of aryl methyl sites for hydroxylation is 1. The fourth-order valence-corrected chi connectivity index (χ4v) is 2.56. The molecule has 0 radical (unpaired) electrons. The minimum Gasteiger partial charge on any atom is -0.278 e. The van der Waals surface area contributed by atoms with Crippen LogP contribution in [0.15, 0.2) is 40.9 Å². The third kappa shape index (κ3) is 2.79. The molecular weight excluding hydrogens is 292 g/mol. The number of pyridine rings is 1. The molecule has 2 heterocycles. The number of hydrazone groups is 1. The zero-order chi connectivity index (χ0) is 13.9. The fraction of sp³-hybridized carbons (Fsp3) is 0.0714. The van der Waals surface area contributed by atoms with Crippen LogP contribution in [0, 0.1) is 6.92 Å². The largest absolute Gasteiger partial charge is 0.278 e. The monoisotopic (exact) mass is 302 g/mol. The minimum atomic E-state index is 0.670. The van der Waals surface area contributed by atoms with E-state index < -0.39 is 0 Å². The zero-order valence-corrected chi connectivity index (χ0v) is 12.2. The molecule has 0 unspecified atom stereocenters. The average molecular weight is 303 g/mol. The first-order valence-electron chi connectivity index (χ1n) is 5.98. The maximum atomic E-state index is 5.96. The number of hydrogen-bond donors (Lipinski definition) is 1. The molecule has 3 aromatic rings. The summed E-state index contributed by atoms with van der Waals surface area (Å²) in [5, 5.41) is 8.84. The van der Waals surface area contributed by atoms with Crippen molar-refractivity contribution >= 4 is 45.7 Å². The van der Waals surface area contributed by atoms with E-state index in [-0.39, 0.29) is 0 Å². The van der Waals surface area contributed by atoms with Gasteiger partial charge in [-0.05, 0) is 31.2 Å². The van der Waals surface area contributed by atoms with E-state index in [2.05, 4.69) is 20.5 Å². The Morgan fingerprint density at radius 3 is 3.05 bits per heavy atom. The van der Waals surface area contributed by atoms with E-state index in [0.29, 0.717) is 5.02 Å². The van der Waals surface area contributed by atoms with Gasteiger partial charge < -0.3 is 0 Å². The summed E-state index contributed by atoms with van der Waals surface area (Å²) >= 11 is 7.56. The van der Waals surface area contributed by atoms with Crippen molar-refractivity contribution in [2.45, 2.75) is 6.92 Å². The number of thiazole rings is 1. The van der Waals surface area contributed by atoms with Crippen LogP contribution in [0.3, 0.4) is 0 Å². The van der Waals surface area contributed by atoms with E-state index >= 15 is 0 Å². The number of nitrogens with zero attached hydrogens (tertiary/aromatic N) is 3. The van der Waals surface area contributed by atoms with Crippen molar-refractivity contribution in [2.24, 2.45) is 5.10 Å². The standard InChI is InChI=1S/C14H11ClN4S/c1-9-18-11(8-20-9)7-17-19-13-4-5-16-14-6-10(15)2-3-12(13)14/h2-8H,1H3,(H,16,19)/b17-7-. The fourth-order valence-electron chi connectivity index (χ4n) is 1.83. The number of benzene rings is 1. The molecule has 0 fully saturated rings. The summed E-state index contributed by atoms with van der Waals surface area (Å²) in [7, 11) is 0. The molecule has 3 rings (SSSR count). The lowest BCUT2D eigenvalue weighted by Gasteiger charge is -2.04. The second-order valence-electron chi connectivity index (χ2n) is 4.18. The van der Waals surface area contributed by atoms with Crippen LogP contribution < -0.4 is 5.43 Å². The van der Waals surface area contributed by atoms with Gasteiger partial charge in [-0.15, -0.1) is 11.3 Å². The molecule has 0 saturated carbocycles. The summed E-state index contributed by atoms with van der Waals surface area (Å²) < 4.78 is 0. The first-order chi connectivity index (χ1) is 9.72.